The van der Waals surface area contributed by atoms with E-state index in [0.717, 1.165) is 0 Å². The average molecular weight is 342 g/mol. The molecular weight excluding hydrogens is 320 g/mol. The number of halogens is 1. The number of nitrogens with zero attached hydrogens (tertiary/aromatic N) is 1. The Kier molecular flexibility index (Phi) is 5.13. The minimum Gasteiger partial charge on any atom is -0.494 e. The van der Waals surface area contributed by atoms with Crippen LogP contribution in [0.2, 0.25) is 5.02 Å². The second kappa shape index (κ2) is 6.59. The quantitative estimate of drug-likeness (QED) is 0.821. The Morgan fingerprint density at radius 1 is 1.48 bits per heavy atom. The van der Waals surface area contributed by atoms with E-state index in [2.05, 4.69) is 0 Å². The van der Waals surface area contributed by atoms with Crippen LogP contribution in [0, 0.1) is 0 Å². The van der Waals surface area contributed by atoms with Gasteiger partial charge >= 0.3 is 13.2 Å². The van der Waals surface area contributed by atoms with Gasteiger partial charge in [0.1, 0.15) is 5.75 Å². The Morgan fingerprint density at radius 3 is 2.65 bits per heavy atom. The maximum absolute atomic E-state index is 11.5. The average Bonchev–Trinajstić information content (AvgIpc) is 2.76. The fraction of sp³-hybridized carbons (Fsp3) is 0.533. The molecule has 6 nitrogen and oxygen atoms in total. The molecule has 0 radical (unpaired) electrons. The summed E-state index contributed by atoms with van der Waals surface area (Å²) in [6.07, 6.45) is -1.70. The summed E-state index contributed by atoms with van der Waals surface area (Å²) in [5.74, 6) is 0.500. The van der Waals surface area contributed by atoms with Crippen LogP contribution >= 0.6 is 11.6 Å². The van der Waals surface area contributed by atoms with Crippen LogP contribution in [0.15, 0.2) is 12.1 Å². The Bertz CT molecular complexity index is 604. The van der Waals surface area contributed by atoms with Crippen molar-refractivity contribution in [2.45, 2.75) is 39.3 Å². The summed E-state index contributed by atoms with van der Waals surface area (Å²) >= 11 is 6.27. The van der Waals surface area contributed by atoms with E-state index in [1.807, 2.05) is 6.92 Å². The summed E-state index contributed by atoms with van der Waals surface area (Å²) in [7, 11) is -1.19. The molecule has 126 valence electrons. The molecule has 1 unspecified atom stereocenters. The molecule has 23 heavy (non-hydrogen) atoms. The third-order valence-electron chi connectivity index (χ3n) is 3.74. The van der Waals surface area contributed by atoms with Crippen molar-refractivity contribution in [3.8, 4) is 5.75 Å². The summed E-state index contributed by atoms with van der Waals surface area (Å²) in [6.45, 7) is 7.74. The monoisotopic (exact) mass is 341 g/mol. The largest absolute Gasteiger partial charge is 0.495 e. The predicted octanol–water partition coefficient (Wildman–Crippen LogP) is 2.28. The first-order valence-electron chi connectivity index (χ1n) is 7.46. The molecule has 0 fully saturated rings. The van der Waals surface area contributed by atoms with Crippen molar-refractivity contribution in [1.29, 1.82) is 0 Å². The third kappa shape index (κ3) is 3.57. The van der Waals surface area contributed by atoms with Crippen LogP contribution in [0.25, 0.3) is 0 Å². The minimum absolute atomic E-state index is 0.0677. The number of benzene rings is 1. The van der Waals surface area contributed by atoms with Gasteiger partial charge in [0.25, 0.3) is 0 Å². The topological polar surface area (TPSA) is 79.2 Å². The molecule has 8 heteroatoms. The first-order chi connectivity index (χ1) is 10.7. The van der Waals surface area contributed by atoms with E-state index in [1.165, 1.54) is 4.90 Å². The molecule has 0 aliphatic carbocycles. The molecule has 1 amide bonds. The van der Waals surface area contributed by atoms with Crippen molar-refractivity contribution in [3.05, 3.63) is 22.7 Å². The van der Waals surface area contributed by atoms with Gasteiger partial charge in [-0.2, -0.15) is 0 Å². The highest BCUT2D eigenvalue weighted by atomic mass is 35.5. The molecular formula is C15H21BClNO5. The highest BCUT2D eigenvalue weighted by molar-refractivity contribution is 6.63. The van der Waals surface area contributed by atoms with Crippen LogP contribution in [0.4, 0.5) is 4.79 Å². The number of fused-ring (bicyclic) bond motifs is 1. The van der Waals surface area contributed by atoms with Gasteiger partial charge in [0.2, 0.25) is 0 Å². The standard InChI is InChI=1S/C15H21BClNO5/c1-5-22-10-7-6-9(17)12-11(23-16(21)13(10)12)8-18(14(19)20)15(2,3)4/h6-7,11,21H,5,8H2,1-4H3,(H,19,20). The van der Waals surface area contributed by atoms with Crippen LogP contribution in [0.1, 0.15) is 39.4 Å². The first kappa shape index (κ1) is 17.9. The summed E-state index contributed by atoms with van der Waals surface area (Å²) in [6, 6.07) is 3.35. The van der Waals surface area contributed by atoms with Crippen molar-refractivity contribution >= 4 is 30.3 Å². The van der Waals surface area contributed by atoms with Gasteiger partial charge < -0.3 is 24.4 Å². The van der Waals surface area contributed by atoms with E-state index in [0.29, 0.717) is 28.4 Å². The Morgan fingerprint density at radius 2 is 2.13 bits per heavy atom. The molecule has 2 N–H and O–H groups in total. The molecule has 0 bridgehead atoms. The Balaban J connectivity index is 2.40. The second-order valence-electron chi connectivity index (χ2n) is 6.35. The number of amides is 1. The van der Waals surface area contributed by atoms with Gasteiger partial charge in [-0.25, -0.2) is 4.79 Å². The number of carbonyl (C=O) groups is 1. The molecule has 1 aliphatic rings. The number of carboxylic acid groups (broad SMARTS) is 1. The summed E-state index contributed by atoms with van der Waals surface area (Å²) in [5, 5.41) is 20.1. The fourth-order valence-corrected chi connectivity index (χ4v) is 2.97. The van der Waals surface area contributed by atoms with Gasteiger partial charge in [-0.1, -0.05) is 11.6 Å². The predicted molar refractivity (Wildman–Crippen MR) is 88.5 cm³/mol. The third-order valence-corrected chi connectivity index (χ3v) is 4.07. The van der Waals surface area contributed by atoms with Crippen molar-refractivity contribution in [1.82, 2.24) is 4.90 Å². The molecule has 2 rings (SSSR count). The molecule has 1 atom stereocenters. The Hall–Kier alpha value is -1.44. The van der Waals surface area contributed by atoms with E-state index in [4.69, 9.17) is 21.0 Å². The van der Waals surface area contributed by atoms with Crippen LogP contribution in [-0.2, 0) is 4.65 Å². The number of hydrogen-bond donors (Lipinski definition) is 2. The zero-order valence-corrected chi connectivity index (χ0v) is 14.4. The van der Waals surface area contributed by atoms with Crippen molar-refractivity contribution in [2.24, 2.45) is 0 Å². The number of hydrogen-bond acceptors (Lipinski definition) is 4. The fourth-order valence-electron chi connectivity index (χ4n) is 2.68. The summed E-state index contributed by atoms with van der Waals surface area (Å²) in [4.78, 5) is 12.8. The summed E-state index contributed by atoms with van der Waals surface area (Å²) in [5.41, 5.74) is 0.455. The van der Waals surface area contributed by atoms with E-state index < -0.39 is 24.9 Å². The van der Waals surface area contributed by atoms with Crippen LogP contribution in [-0.4, -0.2) is 46.9 Å². The molecule has 1 aliphatic heterocycles. The van der Waals surface area contributed by atoms with E-state index in [9.17, 15) is 14.9 Å². The van der Waals surface area contributed by atoms with Crippen LogP contribution < -0.4 is 10.2 Å². The highest BCUT2D eigenvalue weighted by Gasteiger charge is 2.42. The molecule has 0 spiro atoms. The van der Waals surface area contributed by atoms with Crippen molar-refractivity contribution in [3.63, 3.8) is 0 Å². The van der Waals surface area contributed by atoms with Gasteiger partial charge in [-0.05, 0) is 39.8 Å². The zero-order valence-electron chi connectivity index (χ0n) is 13.7. The van der Waals surface area contributed by atoms with E-state index in [-0.39, 0.29) is 6.54 Å². The van der Waals surface area contributed by atoms with E-state index >= 15 is 0 Å². The molecule has 1 heterocycles. The lowest BCUT2D eigenvalue weighted by atomic mass is 9.78. The first-order valence-corrected chi connectivity index (χ1v) is 7.83. The SMILES string of the molecule is CCOc1ccc(Cl)c2c1B(O)OC2CN(C(=O)O)C(C)(C)C. The number of ether oxygens (including phenoxy) is 1. The second-order valence-corrected chi connectivity index (χ2v) is 6.75. The maximum Gasteiger partial charge on any atom is 0.495 e. The van der Waals surface area contributed by atoms with Crippen LogP contribution in [0.3, 0.4) is 0 Å². The van der Waals surface area contributed by atoms with Crippen molar-refractivity contribution in [2.75, 3.05) is 13.2 Å². The number of rotatable bonds is 4. The molecule has 1 aromatic rings. The normalized spacial score (nSPS) is 17.1. The smallest absolute Gasteiger partial charge is 0.494 e. The van der Waals surface area contributed by atoms with Gasteiger partial charge in [0.05, 0.1) is 19.3 Å². The lowest BCUT2D eigenvalue weighted by Crippen LogP contribution is -2.47. The molecule has 0 aromatic heterocycles. The van der Waals surface area contributed by atoms with E-state index in [1.54, 1.807) is 32.9 Å². The Labute approximate surface area is 141 Å². The van der Waals surface area contributed by atoms with Gasteiger partial charge in [0.15, 0.2) is 0 Å². The van der Waals surface area contributed by atoms with Crippen molar-refractivity contribution < 1.29 is 24.3 Å². The van der Waals surface area contributed by atoms with Gasteiger partial charge in [0, 0.05) is 21.6 Å². The van der Waals surface area contributed by atoms with Gasteiger partial charge in [-0.15, -0.1) is 0 Å². The lowest BCUT2D eigenvalue weighted by molar-refractivity contribution is 0.0626. The zero-order chi connectivity index (χ0) is 17.4. The maximum atomic E-state index is 11.5. The van der Waals surface area contributed by atoms with Crippen LogP contribution in [0.5, 0.6) is 5.75 Å². The molecule has 0 saturated heterocycles. The molecule has 1 aromatic carbocycles. The van der Waals surface area contributed by atoms with Gasteiger partial charge in [-0.3, -0.25) is 0 Å². The molecule has 0 saturated carbocycles. The highest BCUT2D eigenvalue weighted by Crippen LogP contribution is 2.35. The minimum atomic E-state index is -1.19. The summed E-state index contributed by atoms with van der Waals surface area (Å²) < 4.78 is 11.1. The lowest BCUT2D eigenvalue weighted by Gasteiger charge is -2.35.